The van der Waals surface area contributed by atoms with E-state index in [1.54, 1.807) is 30.3 Å². The zero-order chi connectivity index (χ0) is 21.5. The predicted molar refractivity (Wildman–Crippen MR) is 129 cm³/mol. The highest BCUT2D eigenvalue weighted by atomic mass is 127. The van der Waals surface area contributed by atoms with Crippen molar-refractivity contribution in [3.8, 4) is 0 Å². The third kappa shape index (κ3) is 8.66. The summed E-state index contributed by atoms with van der Waals surface area (Å²) < 4.78 is 30.1. The number of carbonyl (C=O) groups is 1. The van der Waals surface area contributed by atoms with Gasteiger partial charge in [0.1, 0.15) is 5.60 Å². The van der Waals surface area contributed by atoms with E-state index in [1.165, 1.54) is 0 Å². The molecule has 0 saturated carbocycles. The van der Waals surface area contributed by atoms with Crippen LogP contribution in [0.1, 0.15) is 34.1 Å². The van der Waals surface area contributed by atoms with Gasteiger partial charge in [-0.05, 0) is 46.2 Å². The second kappa shape index (κ2) is 11.7. The number of sulfone groups is 1. The number of halogens is 1. The fourth-order valence-corrected chi connectivity index (χ4v) is 4.13. The number of amides is 1. The molecule has 8 nitrogen and oxygen atoms in total. The van der Waals surface area contributed by atoms with Gasteiger partial charge >= 0.3 is 6.09 Å². The number of rotatable bonds is 6. The zero-order valence-corrected chi connectivity index (χ0v) is 21.2. The third-order valence-corrected chi connectivity index (χ3v) is 5.98. The van der Waals surface area contributed by atoms with E-state index in [0.717, 1.165) is 13.0 Å². The van der Waals surface area contributed by atoms with Crippen LogP contribution in [0.3, 0.4) is 0 Å². The minimum atomic E-state index is -3.37. The molecule has 0 spiro atoms. The van der Waals surface area contributed by atoms with Crippen molar-refractivity contribution in [1.29, 1.82) is 0 Å². The van der Waals surface area contributed by atoms with Crippen molar-refractivity contribution in [1.82, 2.24) is 15.5 Å². The maximum atomic E-state index is 12.4. The van der Waals surface area contributed by atoms with Gasteiger partial charge in [-0.3, -0.25) is 4.99 Å². The van der Waals surface area contributed by atoms with Gasteiger partial charge in [-0.25, -0.2) is 13.2 Å². The summed E-state index contributed by atoms with van der Waals surface area (Å²) in [5.74, 6) is 0.600. The minimum absolute atomic E-state index is 0. The Morgan fingerprint density at radius 2 is 1.93 bits per heavy atom. The number of guanidine groups is 1. The molecule has 0 radical (unpaired) electrons. The number of nitrogens with one attached hydrogen (secondary N) is 2. The molecule has 1 aliphatic heterocycles. The van der Waals surface area contributed by atoms with Crippen LogP contribution >= 0.6 is 24.0 Å². The van der Waals surface area contributed by atoms with Gasteiger partial charge in [-0.1, -0.05) is 18.2 Å². The van der Waals surface area contributed by atoms with Crippen molar-refractivity contribution in [3.05, 3.63) is 30.3 Å². The fraction of sp³-hybridized carbons (Fsp3) is 0.600. The van der Waals surface area contributed by atoms with Gasteiger partial charge in [0.15, 0.2) is 15.8 Å². The monoisotopic (exact) mass is 552 g/mol. The quantitative estimate of drug-likeness (QED) is 0.320. The van der Waals surface area contributed by atoms with E-state index in [2.05, 4.69) is 15.6 Å². The van der Waals surface area contributed by atoms with Crippen molar-refractivity contribution in [2.75, 3.05) is 31.9 Å². The van der Waals surface area contributed by atoms with E-state index in [-0.39, 0.29) is 42.3 Å². The van der Waals surface area contributed by atoms with E-state index in [4.69, 9.17) is 4.74 Å². The number of likely N-dealkylation sites (tertiary alicyclic amines) is 1. The number of hydrogen-bond donors (Lipinski definition) is 2. The van der Waals surface area contributed by atoms with E-state index in [9.17, 15) is 13.2 Å². The predicted octanol–water partition coefficient (Wildman–Crippen LogP) is 2.64. The molecule has 170 valence electrons. The zero-order valence-electron chi connectivity index (χ0n) is 18.1. The lowest BCUT2D eigenvalue weighted by Crippen LogP contribution is -2.44. The summed E-state index contributed by atoms with van der Waals surface area (Å²) in [6.07, 6.45) is 0.339. The van der Waals surface area contributed by atoms with Gasteiger partial charge in [0.05, 0.1) is 23.2 Å². The molecule has 1 amide bonds. The van der Waals surface area contributed by atoms with Crippen LogP contribution in [-0.2, 0) is 14.6 Å². The fourth-order valence-electron chi connectivity index (χ4n) is 2.99. The molecule has 30 heavy (non-hydrogen) atoms. The summed E-state index contributed by atoms with van der Waals surface area (Å²) >= 11 is 0. The summed E-state index contributed by atoms with van der Waals surface area (Å²) in [5, 5.41) is 6.08. The molecule has 10 heteroatoms. The van der Waals surface area contributed by atoms with Crippen LogP contribution in [-0.4, -0.2) is 68.9 Å². The minimum Gasteiger partial charge on any atom is -0.444 e. The normalized spacial score (nSPS) is 17.3. The van der Waals surface area contributed by atoms with Crippen LogP contribution in [0.5, 0.6) is 0 Å². The van der Waals surface area contributed by atoms with Crippen LogP contribution in [0.4, 0.5) is 4.79 Å². The van der Waals surface area contributed by atoms with Gasteiger partial charge in [-0.15, -0.1) is 24.0 Å². The van der Waals surface area contributed by atoms with Gasteiger partial charge < -0.3 is 20.3 Å². The SMILES string of the molecule is CCNC(=NCCS(=O)(=O)c1ccccc1)N1CCC(NC(=O)OC(C)(C)C)C1.I. The van der Waals surface area contributed by atoms with Crippen molar-refractivity contribution in [2.24, 2.45) is 4.99 Å². The standard InChI is InChI=1S/C20H32N4O4S.HI/c1-5-21-18(22-12-14-29(26,27)17-9-7-6-8-10-17)24-13-11-16(15-24)23-19(25)28-20(2,3)4;/h6-10,16H,5,11-15H2,1-4H3,(H,21,22)(H,23,25);1H. The highest BCUT2D eigenvalue weighted by Gasteiger charge is 2.28. The molecule has 0 bridgehead atoms. The second-order valence-corrected chi connectivity index (χ2v) is 10.1. The topological polar surface area (TPSA) is 100 Å². The van der Waals surface area contributed by atoms with E-state index >= 15 is 0 Å². The second-order valence-electron chi connectivity index (χ2n) is 7.95. The Kier molecular flexibility index (Phi) is 10.4. The van der Waals surface area contributed by atoms with Crippen LogP contribution in [0, 0.1) is 0 Å². The Hall–Kier alpha value is -1.56. The smallest absolute Gasteiger partial charge is 0.407 e. The van der Waals surface area contributed by atoms with Crippen molar-refractivity contribution >= 4 is 45.9 Å². The first-order chi connectivity index (χ1) is 13.6. The van der Waals surface area contributed by atoms with Gasteiger partial charge in [0.2, 0.25) is 0 Å². The molecule has 0 aliphatic carbocycles. The van der Waals surface area contributed by atoms with E-state index in [1.807, 2.05) is 32.6 Å². The molecule has 1 aliphatic rings. The molecule has 1 atom stereocenters. The largest absolute Gasteiger partial charge is 0.444 e. The summed E-state index contributed by atoms with van der Waals surface area (Å²) in [6, 6.07) is 8.36. The number of nitrogens with zero attached hydrogens (tertiary/aromatic N) is 2. The average Bonchev–Trinajstić information content (AvgIpc) is 3.08. The molecular formula is C20H33IN4O4S. The number of ether oxygens (including phenoxy) is 1. The first-order valence-corrected chi connectivity index (χ1v) is 11.6. The van der Waals surface area contributed by atoms with Gasteiger partial charge in [0.25, 0.3) is 0 Å². The molecule has 1 saturated heterocycles. The Labute approximate surface area is 196 Å². The lowest BCUT2D eigenvalue weighted by Gasteiger charge is -2.23. The van der Waals surface area contributed by atoms with Gasteiger partial charge in [0, 0.05) is 19.6 Å². The van der Waals surface area contributed by atoms with Crippen molar-refractivity contribution < 1.29 is 17.9 Å². The van der Waals surface area contributed by atoms with Crippen LogP contribution in [0.25, 0.3) is 0 Å². The average molecular weight is 552 g/mol. The first-order valence-electron chi connectivity index (χ1n) is 9.91. The molecule has 2 N–H and O–H groups in total. The summed E-state index contributed by atoms with van der Waals surface area (Å²) in [7, 11) is -3.37. The molecule has 1 aromatic carbocycles. The maximum Gasteiger partial charge on any atom is 0.407 e. The Morgan fingerprint density at radius 3 is 2.53 bits per heavy atom. The number of carbonyl (C=O) groups excluding carboxylic acids is 1. The maximum absolute atomic E-state index is 12.4. The molecule has 1 unspecified atom stereocenters. The first kappa shape index (κ1) is 26.5. The number of aliphatic imine (C=N–C) groups is 1. The number of benzene rings is 1. The highest BCUT2D eigenvalue weighted by molar-refractivity contribution is 14.0. The summed E-state index contributed by atoms with van der Waals surface area (Å²) in [6.45, 7) is 9.59. The van der Waals surface area contributed by atoms with Crippen LogP contribution < -0.4 is 10.6 Å². The summed E-state index contributed by atoms with van der Waals surface area (Å²) in [4.78, 5) is 18.8. The lowest BCUT2D eigenvalue weighted by atomic mass is 10.2. The third-order valence-electron chi connectivity index (χ3n) is 4.27. The van der Waals surface area contributed by atoms with Crippen molar-refractivity contribution in [3.63, 3.8) is 0 Å². The Morgan fingerprint density at radius 1 is 1.27 bits per heavy atom. The van der Waals surface area contributed by atoms with Gasteiger partial charge in [-0.2, -0.15) is 0 Å². The lowest BCUT2D eigenvalue weighted by molar-refractivity contribution is 0.0507. The number of hydrogen-bond acceptors (Lipinski definition) is 5. The molecule has 2 rings (SSSR count). The molecule has 1 fully saturated rings. The van der Waals surface area contributed by atoms with E-state index in [0.29, 0.717) is 23.9 Å². The van der Waals surface area contributed by atoms with Crippen LogP contribution in [0.2, 0.25) is 0 Å². The molecular weight excluding hydrogens is 519 g/mol. The van der Waals surface area contributed by atoms with E-state index < -0.39 is 21.5 Å². The molecule has 1 heterocycles. The summed E-state index contributed by atoms with van der Waals surface area (Å²) in [5.41, 5.74) is -0.539. The Bertz CT molecular complexity index is 810. The van der Waals surface area contributed by atoms with Crippen LogP contribution in [0.15, 0.2) is 40.2 Å². The number of alkyl carbamates (subject to hydrolysis) is 1. The Balaban J connectivity index is 0.00000450. The molecule has 1 aromatic rings. The highest BCUT2D eigenvalue weighted by Crippen LogP contribution is 2.13. The molecule has 0 aromatic heterocycles. The van der Waals surface area contributed by atoms with Crippen molar-refractivity contribution in [2.45, 2.75) is 50.7 Å².